The SMILES string of the molecule is CC(C)N1C(=O)c2ccc(C(=O)Nc3ccc(Oc4ccc(F)cc4)nc3)cc2S1(=O)=O. The van der Waals surface area contributed by atoms with Crippen LogP contribution in [0.3, 0.4) is 0 Å². The van der Waals surface area contributed by atoms with E-state index in [0.29, 0.717) is 11.4 Å². The van der Waals surface area contributed by atoms with Crippen molar-refractivity contribution in [1.29, 1.82) is 0 Å². The van der Waals surface area contributed by atoms with Crippen LogP contribution >= 0.6 is 0 Å². The fourth-order valence-electron chi connectivity index (χ4n) is 3.24. The van der Waals surface area contributed by atoms with Crippen molar-refractivity contribution < 1.29 is 27.1 Å². The van der Waals surface area contributed by atoms with Gasteiger partial charge in [-0.1, -0.05) is 0 Å². The van der Waals surface area contributed by atoms with Crippen LogP contribution in [0.2, 0.25) is 0 Å². The summed E-state index contributed by atoms with van der Waals surface area (Å²) in [5, 5.41) is 2.62. The molecule has 0 spiro atoms. The Kier molecular flexibility index (Phi) is 5.39. The van der Waals surface area contributed by atoms with Crippen LogP contribution in [0.5, 0.6) is 11.6 Å². The Balaban J connectivity index is 1.50. The number of pyridine rings is 1. The highest BCUT2D eigenvalue weighted by molar-refractivity contribution is 7.90. The summed E-state index contributed by atoms with van der Waals surface area (Å²) in [6.07, 6.45) is 1.37. The smallest absolute Gasteiger partial charge is 0.269 e. The molecule has 4 rings (SSSR count). The van der Waals surface area contributed by atoms with Crippen LogP contribution in [-0.2, 0) is 10.0 Å². The van der Waals surface area contributed by atoms with Crippen molar-refractivity contribution >= 4 is 27.5 Å². The molecule has 0 radical (unpaired) electrons. The second-order valence-corrected chi connectivity index (χ2v) is 9.09. The number of sulfonamides is 1. The molecule has 1 aliphatic rings. The minimum Gasteiger partial charge on any atom is -0.439 e. The van der Waals surface area contributed by atoms with Crippen molar-refractivity contribution in [2.24, 2.45) is 0 Å². The molecule has 2 aromatic carbocycles. The highest BCUT2D eigenvalue weighted by Gasteiger charge is 2.42. The minimum atomic E-state index is -4.01. The van der Waals surface area contributed by atoms with E-state index in [0.717, 1.165) is 4.31 Å². The van der Waals surface area contributed by atoms with Gasteiger partial charge in [0, 0.05) is 17.7 Å². The Morgan fingerprint density at radius 2 is 1.81 bits per heavy atom. The van der Waals surface area contributed by atoms with Crippen molar-refractivity contribution in [3.05, 3.63) is 77.7 Å². The van der Waals surface area contributed by atoms with Gasteiger partial charge in [-0.2, -0.15) is 0 Å². The highest BCUT2D eigenvalue weighted by atomic mass is 32.2. The summed E-state index contributed by atoms with van der Waals surface area (Å²) in [4.78, 5) is 28.9. The minimum absolute atomic E-state index is 0.0409. The van der Waals surface area contributed by atoms with E-state index in [1.807, 2.05) is 0 Å². The third-order valence-corrected chi connectivity index (χ3v) is 6.71. The van der Waals surface area contributed by atoms with Gasteiger partial charge in [0.15, 0.2) is 0 Å². The molecule has 0 aliphatic carbocycles. The van der Waals surface area contributed by atoms with E-state index in [1.165, 1.54) is 54.7 Å². The molecule has 2 amide bonds. The summed E-state index contributed by atoms with van der Waals surface area (Å²) in [6, 6.07) is 11.9. The molecule has 10 heteroatoms. The monoisotopic (exact) mass is 455 g/mol. The maximum atomic E-state index is 13.0. The van der Waals surface area contributed by atoms with Crippen molar-refractivity contribution in [2.75, 3.05) is 5.32 Å². The number of benzene rings is 2. The summed E-state index contributed by atoms with van der Waals surface area (Å²) in [5.41, 5.74) is 0.473. The quantitative estimate of drug-likeness (QED) is 0.627. The van der Waals surface area contributed by atoms with E-state index in [9.17, 15) is 22.4 Å². The van der Waals surface area contributed by atoms with Gasteiger partial charge >= 0.3 is 0 Å². The summed E-state index contributed by atoms with van der Waals surface area (Å²) < 4.78 is 44.7. The summed E-state index contributed by atoms with van der Waals surface area (Å²) in [6.45, 7) is 3.21. The zero-order chi connectivity index (χ0) is 23.0. The normalized spacial score (nSPS) is 14.4. The van der Waals surface area contributed by atoms with E-state index in [-0.39, 0.29) is 27.7 Å². The van der Waals surface area contributed by atoms with Gasteiger partial charge in [0.05, 0.1) is 17.4 Å². The molecule has 0 unspecified atom stereocenters. The zero-order valence-corrected chi connectivity index (χ0v) is 17.9. The highest BCUT2D eigenvalue weighted by Crippen LogP contribution is 2.32. The number of nitrogens with one attached hydrogen (secondary N) is 1. The number of amides is 2. The van der Waals surface area contributed by atoms with Gasteiger partial charge in [-0.3, -0.25) is 9.59 Å². The summed E-state index contributed by atoms with van der Waals surface area (Å²) in [5.74, 6) is -0.912. The van der Waals surface area contributed by atoms with Crippen molar-refractivity contribution in [3.63, 3.8) is 0 Å². The predicted molar refractivity (Wildman–Crippen MR) is 114 cm³/mol. The Labute approximate surface area is 183 Å². The number of hydrogen-bond acceptors (Lipinski definition) is 6. The van der Waals surface area contributed by atoms with Gasteiger partial charge in [0.2, 0.25) is 5.88 Å². The molecule has 1 N–H and O–H groups in total. The van der Waals surface area contributed by atoms with E-state index < -0.39 is 27.9 Å². The number of anilines is 1. The molecule has 0 saturated carbocycles. The first-order chi connectivity index (χ1) is 15.2. The Hall–Kier alpha value is -3.79. The molecule has 164 valence electrons. The van der Waals surface area contributed by atoms with Crippen LogP contribution in [0.15, 0.2) is 65.7 Å². The Bertz CT molecular complexity index is 1310. The maximum absolute atomic E-state index is 13.0. The number of fused-ring (bicyclic) bond motifs is 1. The lowest BCUT2D eigenvalue weighted by atomic mass is 10.1. The summed E-state index contributed by atoms with van der Waals surface area (Å²) in [7, 11) is -4.01. The van der Waals surface area contributed by atoms with Crippen LogP contribution in [0.25, 0.3) is 0 Å². The van der Waals surface area contributed by atoms with Gasteiger partial charge in [-0.15, -0.1) is 0 Å². The average molecular weight is 455 g/mol. The molecule has 1 aromatic heterocycles. The lowest BCUT2D eigenvalue weighted by Gasteiger charge is -2.18. The number of carbonyl (C=O) groups excluding carboxylic acids is 2. The predicted octanol–water partition coefficient (Wildman–Crippen LogP) is 3.82. The maximum Gasteiger partial charge on any atom is 0.269 e. The molecule has 0 saturated heterocycles. The number of aromatic nitrogens is 1. The first-order valence-corrected chi connectivity index (χ1v) is 11.0. The van der Waals surface area contributed by atoms with Gasteiger partial charge in [0.1, 0.15) is 16.5 Å². The van der Waals surface area contributed by atoms with E-state index in [1.54, 1.807) is 19.9 Å². The molecule has 0 fully saturated rings. The van der Waals surface area contributed by atoms with E-state index in [2.05, 4.69) is 10.3 Å². The van der Waals surface area contributed by atoms with Crippen LogP contribution in [0, 0.1) is 5.82 Å². The van der Waals surface area contributed by atoms with Crippen molar-refractivity contribution in [1.82, 2.24) is 9.29 Å². The fraction of sp³-hybridized carbons (Fsp3) is 0.136. The second kappa shape index (κ2) is 8.04. The third-order valence-electron chi connectivity index (χ3n) is 4.71. The zero-order valence-electron chi connectivity index (χ0n) is 17.1. The number of rotatable bonds is 5. The molecule has 1 aliphatic heterocycles. The first kappa shape index (κ1) is 21.4. The van der Waals surface area contributed by atoms with Crippen LogP contribution in [0.1, 0.15) is 34.6 Å². The van der Waals surface area contributed by atoms with E-state index >= 15 is 0 Å². The topological polar surface area (TPSA) is 106 Å². The average Bonchev–Trinajstić information content (AvgIpc) is 2.96. The second-order valence-electron chi connectivity index (χ2n) is 7.31. The number of nitrogens with zero attached hydrogens (tertiary/aromatic N) is 2. The molecule has 0 bridgehead atoms. The third kappa shape index (κ3) is 3.92. The van der Waals surface area contributed by atoms with Gasteiger partial charge < -0.3 is 10.1 Å². The molecule has 32 heavy (non-hydrogen) atoms. The largest absolute Gasteiger partial charge is 0.439 e. The molecule has 2 heterocycles. The molecule has 0 atom stereocenters. The van der Waals surface area contributed by atoms with Crippen molar-refractivity contribution in [2.45, 2.75) is 24.8 Å². The number of carbonyl (C=O) groups is 2. The van der Waals surface area contributed by atoms with Gasteiger partial charge in [-0.05, 0) is 62.4 Å². The van der Waals surface area contributed by atoms with Crippen molar-refractivity contribution in [3.8, 4) is 11.6 Å². The number of ether oxygens (including phenoxy) is 1. The molecular formula is C22H18FN3O5S. The van der Waals surface area contributed by atoms with E-state index in [4.69, 9.17) is 4.74 Å². The number of halogens is 1. The van der Waals surface area contributed by atoms with Gasteiger partial charge in [0.25, 0.3) is 21.8 Å². The van der Waals surface area contributed by atoms with Gasteiger partial charge in [-0.25, -0.2) is 22.1 Å². The summed E-state index contributed by atoms with van der Waals surface area (Å²) >= 11 is 0. The molecule has 8 nitrogen and oxygen atoms in total. The van der Waals surface area contributed by atoms with Crippen LogP contribution in [-0.4, -0.2) is 35.6 Å². The van der Waals surface area contributed by atoms with Crippen LogP contribution in [0.4, 0.5) is 10.1 Å². The molecular weight excluding hydrogens is 437 g/mol. The first-order valence-electron chi connectivity index (χ1n) is 9.60. The Morgan fingerprint density at radius 3 is 2.44 bits per heavy atom. The molecule has 3 aromatic rings. The standard InChI is InChI=1S/C22H18FN3O5S/c1-13(2)26-22(28)18-9-3-14(11-19(18)32(26,29)30)21(27)25-16-6-10-20(24-12-16)31-17-7-4-15(23)5-8-17/h3-13H,1-2H3,(H,25,27). The lowest BCUT2D eigenvalue weighted by Crippen LogP contribution is -2.36. The number of hydrogen-bond donors (Lipinski definition) is 1. The fourth-order valence-corrected chi connectivity index (χ4v) is 5.03. The lowest BCUT2D eigenvalue weighted by molar-refractivity contribution is 0.0846. The Morgan fingerprint density at radius 1 is 1.09 bits per heavy atom. The van der Waals surface area contributed by atoms with Crippen LogP contribution < -0.4 is 10.1 Å².